The van der Waals surface area contributed by atoms with Gasteiger partial charge >= 0.3 is 0 Å². The Labute approximate surface area is 72.2 Å². The Bertz CT molecular complexity index is 160. The van der Waals surface area contributed by atoms with E-state index >= 15 is 0 Å². The monoisotopic (exact) mass is 173 g/mol. The molecule has 0 aliphatic carbocycles. The molecule has 12 heavy (non-hydrogen) atoms. The van der Waals surface area contributed by atoms with E-state index in [-0.39, 0.29) is 12.0 Å². The van der Waals surface area contributed by atoms with Crippen molar-refractivity contribution in [3.63, 3.8) is 0 Å². The van der Waals surface area contributed by atoms with E-state index in [9.17, 15) is 4.79 Å². The van der Waals surface area contributed by atoms with Crippen LogP contribution in [0.2, 0.25) is 0 Å². The molecule has 0 radical (unpaired) electrons. The Balaban J connectivity index is 2.30. The Morgan fingerprint density at radius 1 is 1.75 bits per heavy atom. The van der Waals surface area contributed by atoms with Crippen molar-refractivity contribution in [1.82, 2.24) is 5.48 Å². The third-order valence-corrected chi connectivity index (χ3v) is 1.96. The highest BCUT2D eigenvalue weighted by atomic mass is 16.7. The van der Waals surface area contributed by atoms with Gasteiger partial charge in [-0.05, 0) is 19.3 Å². The van der Waals surface area contributed by atoms with Gasteiger partial charge < -0.3 is 4.74 Å². The van der Waals surface area contributed by atoms with Crippen LogP contribution < -0.4 is 5.48 Å². The van der Waals surface area contributed by atoms with Crippen LogP contribution in [-0.2, 0) is 14.4 Å². The van der Waals surface area contributed by atoms with Gasteiger partial charge in [0.15, 0.2) is 0 Å². The lowest BCUT2D eigenvalue weighted by atomic mass is 10.0. The fraction of sp³-hybridized carbons (Fsp3) is 0.875. The summed E-state index contributed by atoms with van der Waals surface area (Å²) in [7, 11) is 0. The number of amides is 1. The van der Waals surface area contributed by atoms with Crippen molar-refractivity contribution in [2.75, 3.05) is 13.2 Å². The maximum Gasteiger partial charge on any atom is 0.272 e. The fourth-order valence-corrected chi connectivity index (χ4v) is 1.23. The molecule has 70 valence electrons. The molecule has 0 aromatic heterocycles. The second-order valence-electron chi connectivity index (χ2n) is 2.96. The second kappa shape index (κ2) is 4.42. The van der Waals surface area contributed by atoms with Crippen LogP contribution in [0.25, 0.3) is 0 Å². The van der Waals surface area contributed by atoms with Gasteiger partial charge in [0.1, 0.15) is 6.10 Å². The number of ether oxygens (including phenoxy) is 1. The van der Waals surface area contributed by atoms with Crippen molar-refractivity contribution in [1.29, 1.82) is 0 Å². The molecular weight excluding hydrogens is 158 g/mol. The van der Waals surface area contributed by atoms with Crippen molar-refractivity contribution >= 4 is 5.91 Å². The highest BCUT2D eigenvalue weighted by molar-refractivity contribution is 5.80. The van der Waals surface area contributed by atoms with E-state index in [4.69, 9.17) is 9.57 Å². The summed E-state index contributed by atoms with van der Waals surface area (Å²) < 4.78 is 5.23. The fourth-order valence-electron chi connectivity index (χ4n) is 1.23. The predicted molar refractivity (Wildman–Crippen MR) is 43.3 cm³/mol. The average molecular weight is 173 g/mol. The van der Waals surface area contributed by atoms with E-state index in [1.807, 2.05) is 13.8 Å². The molecule has 0 aromatic carbocycles. The molecule has 1 aliphatic heterocycles. The molecule has 0 bridgehead atoms. The quantitative estimate of drug-likeness (QED) is 0.631. The summed E-state index contributed by atoms with van der Waals surface area (Å²) >= 11 is 0. The summed E-state index contributed by atoms with van der Waals surface area (Å²) in [4.78, 5) is 16.0. The van der Waals surface area contributed by atoms with E-state index in [0.717, 1.165) is 6.42 Å². The van der Waals surface area contributed by atoms with Crippen LogP contribution in [0.1, 0.15) is 20.3 Å². The first-order valence-corrected chi connectivity index (χ1v) is 4.29. The highest BCUT2D eigenvalue weighted by Crippen LogP contribution is 2.19. The summed E-state index contributed by atoms with van der Waals surface area (Å²) in [6.07, 6.45) is 0.626. The molecule has 1 amide bonds. The molecule has 1 heterocycles. The number of hydroxylamine groups is 1. The number of rotatable bonds is 3. The van der Waals surface area contributed by atoms with Crippen LogP contribution in [0.15, 0.2) is 0 Å². The maximum atomic E-state index is 11.3. The summed E-state index contributed by atoms with van der Waals surface area (Å²) in [5, 5.41) is 0. The average Bonchev–Trinajstić information content (AvgIpc) is 2.47. The van der Waals surface area contributed by atoms with Gasteiger partial charge in [0, 0.05) is 6.61 Å². The van der Waals surface area contributed by atoms with Gasteiger partial charge in [0.25, 0.3) is 5.91 Å². The largest absolute Gasteiger partial charge is 0.368 e. The number of carbonyl (C=O) groups excluding carboxylic acids is 1. The minimum atomic E-state index is -0.323. The van der Waals surface area contributed by atoms with E-state index in [2.05, 4.69) is 5.48 Å². The van der Waals surface area contributed by atoms with Gasteiger partial charge in [-0.25, -0.2) is 5.48 Å². The summed E-state index contributed by atoms with van der Waals surface area (Å²) in [6.45, 7) is 4.97. The molecule has 0 aromatic rings. The van der Waals surface area contributed by atoms with Gasteiger partial charge in [-0.1, -0.05) is 6.92 Å². The van der Waals surface area contributed by atoms with Crippen LogP contribution >= 0.6 is 0 Å². The summed E-state index contributed by atoms with van der Waals surface area (Å²) in [5.41, 5.74) is 2.34. The SMILES string of the molecule is CCONC(=O)[C@H]1OCC[C@H]1C. The van der Waals surface area contributed by atoms with Crippen molar-refractivity contribution in [2.45, 2.75) is 26.4 Å². The van der Waals surface area contributed by atoms with E-state index in [0.29, 0.717) is 19.1 Å². The van der Waals surface area contributed by atoms with Gasteiger partial charge in [0.05, 0.1) is 6.61 Å². The first-order chi connectivity index (χ1) is 5.75. The standard InChI is InChI=1S/C8H15NO3/c1-3-12-9-8(10)7-6(2)4-5-11-7/h6-7H,3-5H2,1-2H3,(H,9,10)/t6-,7+/m1/s1. The third-order valence-electron chi connectivity index (χ3n) is 1.96. The first kappa shape index (κ1) is 9.48. The lowest BCUT2D eigenvalue weighted by Crippen LogP contribution is -2.37. The van der Waals surface area contributed by atoms with Gasteiger partial charge in [0.2, 0.25) is 0 Å². The molecule has 0 unspecified atom stereocenters. The molecule has 1 N–H and O–H groups in total. The smallest absolute Gasteiger partial charge is 0.272 e. The van der Waals surface area contributed by atoms with E-state index in [1.54, 1.807) is 0 Å². The number of nitrogens with one attached hydrogen (secondary N) is 1. The Morgan fingerprint density at radius 2 is 2.50 bits per heavy atom. The molecule has 4 heteroatoms. The van der Waals surface area contributed by atoms with E-state index in [1.165, 1.54) is 0 Å². The molecule has 4 nitrogen and oxygen atoms in total. The van der Waals surface area contributed by atoms with Crippen LogP contribution in [0.5, 0.6) is 0 Å². The molecule has 0 saturated carbocycles. The van der Waals surface area contributed by atoms with Crippen LogP contribution in [0.3, 0.4) is 0 Å². The van der Waals surface area contributed by atoms with Crippen molar-refractivity contribution < 1.29 is 14.4 Å². The van der Waals surface area contributed by atoms with Crippen LogP contribution in [0, 0.1) is 5.92 Å². The molecule has 0 spiro atoms. The predicted octanol–water partition coefficient (Wildman–Crippen LogP) is 0.479. The molecule has 1 rings (SSSR count). The zero-order chi connectivity index (χ0) is 8.97. The summed E-state index contributed by atoms with van der Waals surface area (Å²) in [5.74, 6) is 0.132. The Hall–Kier alpha value is -0.610. The zero-order valence-corrected chi connectivity index (χ0v) is 7.50. The first-order valence-electron chi connectivity index (χ1n) is 4.29. The Morgan fingerprint density at radius 3 is 3.00 bits per heavy atom. The van der Waals surface area contributed by atoms with Gasteiger partial charge in [-0.3, -0.25) is 9.63 Å². The number of hydrogen-bond acceptors (Lipinski definition) is 3. The topological polar surface area (TPSA) is 47.6 Å². The van der Waals surface area contributed by atoms with Crippen molar-refractivity contribution in [3.8, 4) is 0 Å². The van der Waals surface area contributed by atoms with Crippen LogP contribution in [0.4, 0.5) is 0 Å². The van der Waals surface area contributed by atoms with Crippen molar-refractivity contribution in [3.05, 3.63) is 0 Å². The normalized spacial score (nSPS) is 28.8. The minimum Gasteiger partial charge on any atom is -0.368 e. The lowest BCUT2D eigenvalue weighted by Gasteiger charge is -2.13. The zero-order valence-electron chi connectivity index (χ0n) is 7.50. The number of hydrogen-bond donors (Lipinski definition) is 1. The maximum absolute atomic E-state index is 11.3. The van der Waals surface area contributed by atoms with Gasteiger partial charge in [-0.15, -0.1) is 0 Å². The molecular formula is C8H15NO3. The second-order valence-corrected chi connectivity index (χ2v) is 2.96. The highest BCUT2D eigenvalue weighted by Gasteiger charge is 2.30. The lowest BCUT2D eigenvalue weighted by molar-refractivity contribution is -0.144. The molecule has 1 aliphatic rings. The van der Waals surface area contributed by atoms with E-state index < -0.39 is 0 Å². The van der Waals surface area contributed by atoms with Gasteiger partial charge in [-0.2, -0.15) is 0 Å². The molecule has 2 atom stereocenters. The van der Waals surface area contributed by atoms with Crippen LogP contribution in [-0.4, -0.2) is 25.2 Å². The third kappa shape index (κ3) is 2.19. The number of carbonyl (C=O) groups is 1. The molecule has 1 fully saturated rings. The summed E-state index contributed by atoms with van der Waals surface area (Å²) in [6, 6.07) is 0. The molecule has 1 saturated heterocycles. The Kier molecular flexibility index (Phi) is 3.49. The minimum absolute atomic E-state index is 0.165. The van der Waals surface area contributed by atoms with Crippen molar-refractivity contribution in [2.24, 2.45) is 5.92 Å².